The first-order chi connectivity index (χ1) is 6.07. The first-order valence-electron chi connectivity index (χ1n) is 3.94. The van der Waals surface area contributed by atoms with Gasteiger partial charge in [-0.15, -0.1) is 0 Å². The van der Waals surface area contributed by atoms with Crippen molar-refractivity contribution in [3.63, 3.8) is 0 Å². The van der Waals surface area contributed by atoms with Gasteiger partial charge >= 0.3 is 0 Å². The molecule has 0 aliphatic carbocycles. The molecule has 1 rings (SSSR count). The molecule has 0 spiro atoms. The molecule has 0 aromatic heterocycles. The number of anilines is 1. The SMILES string of the molecule is Cc1ccc(N(C)C)c(C#N)c1F. The summed E-state index contributed by atoms with van der Waals surface area (Å²) in [5, 5.41) is 8.76. The van der Waals surface area contributed by atoms with Gasteiger partial charge in [0.15, 0.2) is 0 Å². The molecule has 0 N–H and O–H groups in total. The van der Waals surface area contributed by atoms with Crippen LogP contribution in [0, 0.1) is 24.1 Å². The van der Waals surface area contributed by atoms with Crippen LogP contribution >= 0.6 is 0 Å². The molecule has 0 saturated heterocycles. The van der Waals surface area contributed by atoms with Gasteiger partial charge in [-0.1, -0.05) is 6.07 Å². The fourth-order valence-corrected chi connectivity index (χ4v) is 1.15. The lowest BCUT2D eigenvalue weighted by Crippen LogP contribution is -2.11. The molecular formula is C10H11FN2. The number of halogens is 1. The van der Waals surface area contributed by atoms with Crippen molar-refractivity contribution in [2.24, 2.45) is 0 Å². The van der Waals surface area contributed by atoms with Gasteiger partial charge in [0.2, 0.25) is 0 Å². The third-order valence-electron chi connectivity index (χ3n) is 1.91. The van der Waals surface area contributed by atoms with E-state index in [4.69, 9.17) is 5.26 Å². The molecule has 0 atom stereocenters. The van der Waals surface area contributed by atoms with E-state index in [1.54, 1.807) is 38.1 Å². The predicted molar refractivity (Wildman–Crippen MR) is 50.2 cm³/mol. The average Bonchev–Trinajstić information content (AvgIpc) is 2.09. The van der Waals surface area contributed by atoms with Gasteiger partial charge in [-0.3, -0.25) is 0 Å². The first-order valence-corrected chi connectivity index (χ1v) is 3.94. The highest BCUT2D eigenvalue weighted by atomic mass is 19.1. The van der Waals surface area contributed by atoms with Crippen LogP contribution in [0.25, 0.3) is 0 Å². The van der Waals surface area contributed by atoms with Crippen molar-refractivity contribution in [3.8, 4) is 6.07 Å². The number of aryl methyl sites for hydroxylation is 1. The molecule has 13 heavy (non-hydrogen) atoms. The third-order valence-corrected chi connectivity index (χ3v) is 1.91. The number of benzene rings is 1. The van der Waals surface area contributed by atoms with Gasteiger partial charge in [0.1, 0.15) is 17.4 Å². The van der Waals surface area contributed by atoms with Gasteiger partial charge in [-0.25, -0.2) is 4.39 Å². The number of nitrogens with zero attached hydrogens (tertiary/aromatic N) is 2. The van der Waals surface area contributed by atoms with Crippen molar-refractivity contribution in [1.29, 1.82) is 5.26 Å². The van der Waals surface area contributed by atoms with Gasteiger partial charge in [0.25, 0.3) is 0 Å². The van der Waals surface area contributed by atoms with Crippen molar-refractivity contribution in [1.82, 2.24) is 0 Å². The van der Waals surface area contributed by atoms with Gasteiger partial charge in [0.05, 0.1) is 5.69 Å². The van der Waals surface area contributed by atoms with Crippen molar-refractivity contribution >= 4 is 5.69 Å². The zero-order valence-electron chi connectivity index (χ0n) is 7.93. The minimum Gasteiger partial charge on any atom is -0.377 e. The molecule has 0 radical (unpaired) electrons. The van der Waals surface area contributed by atoms with Crippen LogP contribution in [0.4, 0.5) is 10.1 Å². The lowest BCUT2D eigenvalue weighted by atomic mass is 10.1. The van der Waals surface area contributed by atoms with Crippen LogP contribution in [0.15, 0.2) is 12.1 Å². The van der Waals surface area contributed by atoms with E-state index in [1.165, 1.54) is 0 Å². The minimum atomic E-state index is -0.422. The van der Waals surface area contributed by atoms with Crippen LogP contribution in [0.1, 0.15) is 11.1 Å². The predicted octanol–water partition coefficient (Wildman–Crippen LogP) is 2.07. The van der Waals surface area contributed by atoms with Gasteiger partial charge in [0, 0.05) is 14.1 Å². The molecule has 0 bridgehead atoms. The summed E-state index contributed by atoms with van der Waals surface area (Å²) in [6.07, 6.45) is 0. The fourth-order valence-electron chi connectivity index (χ4n) is 1.15. The van der Waals surface area contributed by atoms with E-state index in [2.05, 4.69) is 0 Å². The van der Waals surface area contributed by atoms with Gasteiger partial charge in [-0.05, 0) is 18.6 Å². The Bertz CT molecular complexity index is 364. The van der Waals surface area contributed by atoms with Crippen molar-refractivity contribution < 1.29 is 4.39 Å². The van der Waals surface area contributed by atoms with Crippen molar-refractivity contribution in [2.75, 3.05) is 19.0 Å². The number of rotatable bonds is 1. The van der Waals surface area contributed by atoms with E-state index >= 15 is 0 Å². The fraction of sp³-hybridized carbons (Fsp3) is 0.300. The highest BCUT2D eigenvalue weighted by Crippen LogP contribution is 2.22. The van der Waals surface area contributed by atoms with Crippen molar-refractivity contribution in [3.05, 3.63) is 29.1 Å². The third kappa shape index (κ3) is 1.62. The molecule has 1 aromatic rings. The molecule has 0 saturated carbocycles. The second-order valence-electron chi connectivity index (χ2n) is 3.10. The molecule has 3 heteroatoms. The molecular weight excluding hydrogens is 167 g/mol. The van der Waals surface area contributed by atoms with Crippen LogP contribution in [-0.2, 0) is 0 Å². The summed E-state index contributed by atoms with van der Waals surface area (Å²) in [5.41, 5.74) is 1.23. The Hall–Kier alpha value is -1.56. The maximum absolute atomic E-state index is 13.4. The summed E-state index contributed by atoms with van der Waals surface area (Å²) in [6.45, 7) is 1.65. The van der Waals surface area contributed by atoms with Crippen LogP contribution in [-0.4, -0.2) is 14.1 Å². The topological polar surface area (TPSA) is 27.0 Å². The highest BCUT2D eigenvalue weighted by molar-refractivity contribution is 5.60. The normalized spacial score (nSPS) is 9.46. The van der Waals surface area contributed by atoms with Crippen molar-refractivity contribution in [2.45, 2.75) is 6.92 Å². The Labute approximate surface area is 77.2 Å². The standard InChI is InChI=1S/C10H11FN2/c1-7-4-5-9(13(2)3)8(6-12)10(7)11/h4-5H,1-3H3. The summed E-state index contributed by atoms with van der Waals surface area (Å²) >= 11 is 0. The molecule has 0 fully saturated rings. The van der Waals surface area contributed by atoms with E-state index in [0.29, 0.717) is 11.3 Å². The quantitative estimate of drug-likeness (QED) is 0.658. The van der Waals surface area contributed by atoms with Gasteiger partial charge < -0.3 is 4.90 Å². The van der Waals surface area contributed by atoms with E-state index in [9.17, 15) is 4.39 Å². The second-order valence-corrected chi connectivity index (χ2v) is 3.10. The number of hydrogen-bond donors (Lipinski definition) is 0. The molecule has 0 unspecified atom stereocenters. The Kier molecular flexibility index (Phi) is 2.52. The molecule has 2 nitrogen and oxygen atoms in total. The lowest BCUT2D eigenvalue weighted by Gasteiger charge is -2.14. The maximum atomic E-state index is 13.4. The smallest absolute Gasteiger partial charge is 0.145 e. The van der Waals surface area contributed by atoms with E-state index in [0.717, 1.165) is 0 Å². The number of nitriles is 1. The Morgan fingerprint density at radius 2 is 2.00 bits per heavy atom. The molecule has 0 aliphatic heterocycles. The second kappa shape index (κ2) is 3.44. The summed E-state index contributed by atoms with van der Waals surface area (Å²) < 4.78 is 13.4. The molecule has 0 heterocycles. The molecule has 1 aromatic carbocycles. The van der Waals surface area contributed by atoms with Crippen LogP contribution in [0.2, 0.25) is 0 Å². The summed E-state index contributed by atoms with van der Waals surface area (Å²) in [5.74, 6) is -0.422. The average molecular weight is 178 g/mol. The zero-order chi connectivity index (χ0) is 10.0. The molecule has 68 valence electrons. The van der Waals surface area contributed by atoms with Crippen LogP contribution in [0.5, 0.6) is 0 Å². The summed E-state index contributed by atoms with van der Waals surface area (Å²) in [6, 6.07) is 5.29. The Morgan fingerprint density at radius 3 is 2.46 bits per heavy atom. The zero-order valence-corrected chi connectivity index (χ0v) is 7.93. The van der Waals surface area contributed by atoms with E-state index in [-0.39, 0.29) is 5.56 Å². The first kappa shape index (κ1) is 9.53. The molecule has 0 aliphatic rings. The van der Waals surface area contributed by atoms with Crippen LogP contribution in [0.3, 0.4) is 0 Å². The lowest BCUT2D eigenvalue weighted by molar-refractivity contribution is 0.614. The van der Waals surface area contributed by atoms with Crippen LogP contribution < -0.4 is 4.90 Å². The summed E-state index contributed by atoms with van der Waals surface area (Å²) in [7, 11) is 3.57. The Morgan fingerprint density at radius 1 is 1.38 bits per heavy atom. The summed E-state index contributed by atoms with van der Waals surface area (Å²) in [4.78, 5) is 1.72. The Balaban J connectivity index is 3.41. The maximum Gasteiger partial charge on any atom is 0.145 e. The minimum absolute atomic E-state index is 0.116. The highest BCUT2D eigenvalue weighted by Gasteiger charge is 2.11. The number of hydrogen-bond acceptors (Lipinski definition) is 2. The van der Waals surface area contributed by atoms with E-state index < -0.39 is 5.82 Å². The van der Waals surface area contributed by atoms with E-state index in [1.807, 2.05) is 6.07 Å². The van der Waals surface area contributed by atoms with Gasteiger partial charge in [-0.2, -0.15) is 5.26 Å². The molecule has 0 amide bonds. The monoisotopic (exact) mass is 178 g/mol. The largest absolute Gasteiger partial charge is 0.377 e.